The lowest BCUT2D eigenvalue weighted by molar-refractivity contribution is -0.0929. The van der Waals surface area contributed by atoms with Crippen LogP contribution in [0.2, 0.25) is 0 Å². The van der Waals surface area contributed by atoms with E-state index in [9.17, 15) is 54.4 Å². The van der Waals surface area contributed by atoms with E-state index in [1.807, 2.05) is 0 Å². The van der Waals surface area contributed by atoms with Crippen LogP contribution in [0.15, 0.2) is 22.8 Å². The number of anilines is 1. The molecule has 1 fully saturated rings. The van der Waals surface area contributed by atoms with Crippen LogP contribution in [0.5, 0.6) is 0 Å². The van der Waals surface area contributed by atoms with Gasteiger partial charge in [0.05, 0.1) is 19.5 Å². The van der Waals surface area contributed by atoms with Crippen molar-refractivity contribution in [3.63, 3.8) is 0 Å². The Morgan fingerprint density at radius 3 is 2.44 bits per heavy atom. The second-order valence-corrected chi connectivity index (χ2v) is 11.5. The van der Waals surface area contributed by atoms with Crippen molar-refractivity contribution in [2.75, 3.05) is 18.9 Å². The van der Waals surface area contributed by atoms with Gasteiger partial charge in [0.15, 0.2) is 17.4 Å². The van der Waals surface area contributed by atoms with Crippen molar-refractivity contribution in [1.82, 2.24) is 19.5 Å². The Bertz CT molecular complexity index is 1400. The average molecular weight is 601 g/mol. The first kappa shape index (κ1) is 29.8. The van der Waals surface area contributed by atoms with Gasteiger partial charge < -0.3 is 50.9 Å². The fourth-order valence-electron chi connectivity index (χ4n) is 3.97. The summed E-state index contributed by atoms with van der Waals surface area (Å²) in [4.78, 5) is 41.8. The van der Waals surface area contributed by atoms with Crippen LogP contribution < -0.4 is 11.3 Å². The molecule has 10 atom stereocenters. The molecular formula is C17H25N5O15P2. The molecule has 1 aliphatic carbocycles. The average Bonchev–Trinajstić information content (AvgIpc) is 3.38. The normalized spacial score (nSPS) is 34.5. The molecule has 39 heavy (non-hydrogen) atoms. The number of phosphoric ester groups is 2. The summed E-state index contributed by atoms with van der Waals surface area (Å²) in [5.74, 6) is -0.273. The van der Waals surface area contributed by atoms with Gasteiger partial charge in [-0.05, 0) is 11.6 Å². The SMILES string of the molecule is Nc1nc2c(ncn2C2OC(COP(=O)(O)OP(=O)(O)OC3C=C(CO)C(O)C(O)C3O)C(O)C2O)c(=O)[nH]1. The lowest BCUT2D eigenvalue weighted by atomic mass is 9.90. The van der Waals surface area contributed by atoms with Crippen molar-refractivity contribution < 1.29 is 67.7 Å². The van der Waals surface area contributed by atoms with E-state index < -0.39 is 83.4 Å². The number of rotatable bonds is 9. The number of nitrogens with one attached hydrogen (secondary N) is 1. The number of H-pyrrole nitrogens is 1. The first-order chi connectivity index (χ1) is 18.1. The molecule has 1 saturated heterocycles. The van der Waals surface area contributed by atoms with E-state index in [1.54, 1.807) is 0 Å². The molecule has 0 spiro atoms. The van der Waals surface area contributed by atoms with Crippen molar-refractivity contribution >= 4 is 32.8 Å². The molecule has 10 unspecified atom stereocenters. The summed E-state index contributed by atoms with van der Waals surface area (Å²) in [6, 6.07) is 0. The van der Waals surface area contributed by atoms with Gasteiger partial charge in [-0.3, -0.25) is 23.4 Å². The number of fused-ring (bicyclic) bond motifs is 1. The molecule has 0 saturated carbocycles. The second kappa shape index (κ2) is 11.0. The Morgan fingerprint density at radius 2 is 1.77 bits per heavy atom. The third-order valence-corrected chi connectivity index (χ3v) is 8.51. The van der Waals surface area contributed by atoms with Crippen LogP contribution in [-0.2, 0) is 27.2 Å². The van der Waals surface area contributed by atoms with Crippen LogP contribution in [0.1, 0.15) is 6.23 Å². The zero-order valence-electron chi connectivity index (χ0n) is 19.4. The number of ether oxygens (including phenoxy) is 1. The van der Waals surface area contributed by atoms with Crippen LogP contribution in [0.4, 0.5) is 5.95 Å². The Labute approximate surface area is 216 Å². The Kier molecular flexibility index (Phi) is 8.44. The van der Waals surface area contributed by atoms with E-state index in [0.717, 1.165) is 17.0 Å². The fourth-order valence-corrected chi connectivity index (χ4v) is 6.18. The van der Waals surface area contributed by atoms with Crippen molar-refractivity contribution in [1.29, 1.82) is 0 Å². The lowest BCUT2D eigenvalue weighted by Crippen LogP contribution is -2.49. The van der Waals surface area contributed by atoms with Gasteiger partial charge in [0.25, 0.3) is 5.56 Å². The van der Waals surface area contributed by atoms with Gasteiger partial charge in [0.1, 0.15) is 42.7 Å². The molecule has 2 aromatic heterocycles. The molecule has 20 nitrogen and oxygen atoms in total. The smallest absolute Gasteiger partial charge is 0.392 e. The summed E-state index contributed by atoms with van der Waals surface area (Å²) >= 11 is 0. The van der Waals surface area contributed by atoms with Crippen molar-refractivity contribution in [2.45, 2.75) is 49.0 Å². The minimum atomic E-state index is -5.52. The maximum absolute atomic E-state index is 12.3. The third-order valence-electron chi connectivity index (χ3n) is 5.88. The summed E-state index contributed by atoms with van der Waals surface area (Å²) in [6.07, 6.45) is -11.9. The number of aliphatic hydroxyl groups excluding tert-OH is 6. The molecule has 4 rings (SSSR count). The van der Waals surface area contributed by atoms with Crippen molar-refractivity contribution in [3.05, 3.63) is 28.3 Å². The number of nitrogen functional groups attached to an aromatic ring is 1. The van der Waals surface area contributed by atoms with Crippen LogP contribution in [0.25, 0.3) is 11.2 Å². The van der Waals surface area contributed by atoms with Gasteiger partial charge in [-0.15, -0.1) is 0 Å². The maximum Gasteiger partial charge on any atom is 0.481 e. The van der Waals surface area contributed by atoms with Gasteiger partial charge in [0.2, 0.25) is 5.95 Å². The molecule has 218 valence electrons. The standard InChI is InChI=1S/C17H25N5O15P2/c18-17-20-14-8(15(29)21-17)19-4-22(14)16-13(28)11(26)7(35-16)3-34-38(30,31)37-39(32,33)36-6-1-5(2-23)9(24)12(27)10(6)25/h1,4,6-7,9-13,16,23-28H,2-3H2,(H,30,31)(H,32,33)(H3,18,20,21,29). The summed E-state index contributed by atoms with van der Waals surface area (Å²) < 4.78 is 44.5. The predicted octanol–water partition coefficient (Wildman–Crippen LogP) is -4.04. The van der Waals surface area contributed by atoms with E-state index >= 15 is 0 Å². The number of nitrogens with two attached hydrogens (primary N) is 1. The zero-order chi connectivity index (χ0) is 28.9. The molecule has 0 bridgehead atoms. The Hall–Kier alpha value is -2.13. The molecule has 1 aliphatic heterocycles. The summed E-state index contributed by atoms with van der Waals surface area (Å²) in [6.45, 7) is -1.79. The molecule has 0 amide bonds. The number of hydrogen-bond donors (Lipinski definition) is 10. The Balaban J connectivity index is 1.41. The summed E-state index contributed by atoms with van der Waals surface area (Å²) in [5, 5.41) is 59.5. The highest BCUT2D eigenvalue weighted by molar-refractivity contribution is 7.61. The number of aliphatic hydroxyl groups is 6. The fraction of sp³-hybridized carbons (Fsp3) is 0.588. The van der Waals surface area contributed by atoms with Gasteiger partial charge in [-0.25, -0.2) is 14.1 Å². The summed E-state index contributed by atoms with van der Waals surface area (Å²) in [5.41, 5.74) is 4.30. The van der Waals surface area contributed by atoms with Gasteiger partial charge >= 0.3 is 15.6 Å². The number of nitrogens with zero attached hydrogens (tertiary/aromatic N) is 3. The van der Waals surface area contributed by atoms with E-state index in [4.69, 9.17) is 10.5 Å². The molecule has 0 aromatic carbocycles. The zero-order valence-corrected chi connectivity index (χ0v) is 21.2. The first-order valence-corrected chi connectivity index (χ1v) is 13.9. The van der Waals surface area contributed by atoms with Gasteiger partial charge in [-0.1, -0.05) is 0 Å². The number of hydrogen-bond acceptors (Lipinski definition) is 16. The monoisotopic (exact) mass is 601 g/mol. The number of phosphoric acid groups is 2. The minimum Gasteiger partial charge on any atom is -0.392 e. The van der Waals surface area contributed by atoms with Gasteiger partial charge in [0, 0.05) is 0 Å². The molecule has 0 radical (unpaired) electrons. The highest BCUT2D eigenvalue weighted by atomic mass is 31.3. The van der Waals surface area contributed by atoms with E-state index in [0.29, 0.717) is 0 Å². The van der Waals surface area contributed by atoms with Gasteiger partial charge in [-0.2, -0.15) is 9.29 Å². The van der Waals surface area contributed by atoms with Crippen LogP contribution in [0.3, 0.4) is 0 Å². The number of aromatic nitrogens is 4. The minimum absolute atomic E-state index is 0.107. The molecule has 2 aliphatic rings. The highest BCUT2D eigenvalue weighted by Crippen LogP contribution is 2.61. The van der Waals surface area contributed by atoms with Crippen LogP contribution >= 0.6 is 15.6 Å². The Morgan fingerprint density at radius 1 is 1.08 bits per heavy atom. The highest BCUT2D eigenvalue weighted by Gasteiger charge is 2.47. The first-order valence-electron chi connectivity index (χ1n) is 10.9. The van der Waals surface area contributed by atoms with Crippen molar-refractivity contribution in [2.24, 2.45) is 0 Å². The quantitative estimate of drug-likeness (QED) is 0.0965. The molecular weight excluding hydrogens is 576 g/mol. The lowest BCUT2D eigenvalue weighted by Gasteiger charge is -2.34. The van der Waals surface area contributed by atoms with Crippen LogP contribution in [0, 0.1) is 0 Å². The number of imidazole rings is 1. The molecule has 3 heterocycles. The third kappa shape index (κ3) is 6.14. The van der Waals surface area contributed by atoms with E-state index in [2.05, 4.69) is 28.3 Å². The van der Waals surface area contributed by atoms with E-state index in [-0.39, 0.29) is 22.7 Å². The molecule has 11 N–H and O–H groups in total. The van der Waals surface area contributed by atoms with Crippen LogP contribution in [-0.4, -0.2) is 116 Å². The maximum atomic E-state index is 12.3. The largest absolute Gasteiger partial charge is 0.481 e. The molecule has 2 aromatic rings. The second-order valence-electron chi connectivity index (χ2n) is 8.53. The number of aromatic amines is 1. The molecule has 22 heteroatoms. The topological polar surface area (TPSA) is 322 Å². The van der Waals surface area contributed by atoms with E-state index in [1.165, 1.54) is 0 Å². The predicted molar refractivity (Wildman–Crippen MR) is 123 cm³/mol. The summed E-state index contributed by atoms with van der Waals surface area (Å²) in [7, 11) is -11.0. The van der Waals surface area contributed by atoms with Crippen molar-refractivity contribution in [3.8, 4) is 0 Å².